The molecule has 0 fully saturated rings. The summed E-state index contributed by atoms with van der Waals surface area (Å²) in [4.78, 5) is 0. The number of benzene rings is 1. The monoisotopic (exact) mass is 213 g/mol. The third-order valence-corrected chi connectivity index (χ3v) is 2.23. The van der Waals surface area contributed by atoms with E-state index in [1.54, 1.807) is 9.66 Å². The predicted octanol–water partition coefficient (Wildman–Crippen LogP) is 2.94. The first-order chi connectivity index (χ1) is 5.27. The van der Waals surface area contributed by atoms with Crippen LogP contribution in [-0.4, -0.2) is 3.59 Å². The van der Waals surface area contributed by atoms with Crippen LogP contribution >= 0.6 is 16.1 Å². The van der Waals surface area contributed by atoms with Crippen LogP contribution in [0.3, 0.4) is 0 Å². The minimum absolute atomic E-state index is 0.211. The van der Waals surface area contributed by atoms with Crippen molar-refractivity contribution in [2.45, 2.75) is 0 Å². The summed E-state index contributed by atoms with van der Waals surface area (Å²) in [5.41, 5.74) is 0.852. The summed E-state index contributed by atoms with van der Waals surface area (Å²) >= 11 is 3.25. The SMILES string of the molecule is Fc1ccc2ccn(Br)c2c1. The highest BCUT2D eigenvalue weighted by molar-refractivity contribution is 9.08. The van der Waals surface area contributed by atoms with Crippen molar-refractivity contribution in [3.63, 3.8) is 0 Å². The lowest BCUT2D eigenvalue weighted by Crippen LogP contribution is -1.76. The molecule has 0 saturated carbocycles. The first-order valence-corrected chi connectivity index (χ1v) is 3.91. The van der Waals surface area contributed by atoms with Gasteiger partial charge in [0.15, 0.2) is 0 Å². The first-order valence-electron chi connectivity index (χ1n) is 3.20. The number of aromatic nitrogens is 1. The van der Waals surface area contributed by atoms with Crippen LogP contribution in [0.4, 0.5) is 4.39 Å². The summed E-state index contributed by atoms with van der Waals surface area (Å²) in [6, 6.07) is 6.62. The molecular weight excluding hydrogens is 209 g/mol. The Labute approximate surface area is 71.8 Å². The van der Waals surface area contributed by atoms with Crippen molar-refractivity contribution in [3.8, 4) is 0 Å². The molecule has 0 aliphatic heterocycles. The number of nitrogens with zero attached hydrogens (tertiary/aromatic N) is 1. The van der Waals surface area contributed by atoms with Crippen molar-refractivity contribution < 1.29 is 4.39 Å². The molecule has 1 heterocycles. The van der Waals surface area contributed by atoms with Crippen LogP contribution in [0.5, 0.6) is 0 Å². The van der Waals surface area contributed by atoms with E-state index in [-0.39, 0.29) is 5.82 Å². The van der Waals surface area contributed by atoms with Gasteiger partial charge in [0.1, 0.15) is 5.82 Å². The van der Waals surface area contributed by atoms with E-state index in [1.165, 1.54) is 12.1 Å². The van der Waals surface area contributed by atoms with Gasteiger partial charge < -0.3 is 0 Å². The molecule has 0 spiro atoms. The first kappa shape index (κ1) is 6.85. The van der Waals surface area contributed by atoms with Gasteiger partial charge in [-0.1, -0.05) is 0 Å². The second-order valence-electron chi connectivity index (χ2n) is 2.33. The van der Waals surface area contributed by atoms with Gasteiger partial charge in [0, 0.05) is 11.6 Å². The molecule has 0 radical (unpaired) electrons. The van der Waals surface area contributed by atoms with E-state index in [0.29, 0.717) is 0 Å². The Morgan fingerprint density at radius 1 is 1.27 bits per heavy atom. The van der Waals surface area contributed by atoms with Crippen LogP contribution in [0.2, 0.25) is 0 Å². The Hall–Kier alpha value is -0.830. The third-order valence-electron chi connectivity index (χ3n) is 1.61. The fourth-order valence-electron chi connectivity index (χ4n) is 1.07. The van der Waals surface area contributed by atoms with Crippen LogP contribution < -0.4 is 0 Å². The van der Waals surface area contributed by atoms with Gasteiger partial charge >= 0.3 is 0 Å². The van der Waals surface area contributed by atoms with E-state index in [4.69, 9.17) is 0 Å². The summed E-state index contributed by atoms with van der Waals surface area (Å²) in [6.45, 7) is 0. The minimum Gasteiger partial charge on any atom is -0.284 e. The number of hydrogen-bond donors (Lipinski definition) is 0. The zero-order valence-electron chi connectivity index (χ0n) is 5.59. The smallest absolute Gasteiger partial charge is 0.125 e. The molecule has 1 aromatic heterocycles. The average Bonchev–Trinajstić information content (AvgIpc) is 2.33. The number of fused-ring (bicyclic) bond motifs is 1. The molecule has 11 heavy (non-hydrogen) atoms. The van der Waals surface area contributed by atoms with Crippen molar-refractivity contribution in [3.05, 3.63) is 36.3 Å². The molecule has 0 N–H and O–H groups in total. The van der Waals surface area contributed by atoms with Gasteiger partial charge in [-0.05, 0) is 24.3 Å². The Kier molecular flexibility index (Phi) is 1.46. The molecule has 0 atom stereocenters. The molecule has 0 aliphatic carbocycles. The zero-order chi connectivity index (χ0) is 7.84. The van der Waals surface area contributed by atoms with Crippen molar-refractivity contribution in [1.29, 1.82) is 0 Å². The van der Waals surface area contributed by atoms with Crippen LogP contribution in [0.1, 0.15) is 0 Å². The second-order valence-corrected chi connectivity index (χ2v) is 3.09. The highest BCUT2D eigenvalue weighted by atomic mass is 79.9. The molecule has 0 amide bonds. The predicted molar refractivity (Wildman–Crippen MR) is 46.2 cm³/mol. The summed E-state index contributed by atoms with van der Waals surface area (Å²) in [7, 11) is 0. The van der Waals surface area contributed by atoms with Crippen LogP contribution in [0.25, 0.3) is 10.9 Å². The molecule has 0 unspecified atom stereocenters. The Balaban J connectivity index is 2.87. The van der Waals surface area contributed by atoms with Crippen molar-refractivity contribution in [1.82, 2.24) is 3.59 Å². The lowest BCUT2D eigenvalue weighted by Gasteiger charge is -1.92. The standard InChI is InChI=1S/C8H5BrFN/c9-11-4-3-6-1-2-7(10)5-8(6)11/h1-5H. The summed E-state index contributed by atoms with van der Waals surface area (Å²) in [5, 5.41) is 1.03. The number of rotatable bonds is 0. The molecule has 0 aliphatic rings. The molecular formula is C8H5BrFN. The molecule has 1 nitrogen and oxygen atoms in total. The summed E-state index contributed by atoms with van der Waals surface area (Å²) in [5.74, 6) is -0.211. The van der Waals surface area contributed by atoms with Crippen LogP contribution in [-0.2, 0) is 0 Å². The zero-order valence-corrected chi connectivity index (χ0v) is 7.18. The van der Waals surface area contributed by atoms with Crippen molar-refractivity contribution in [2.24, 2.45) is 0 Å². The van der Waals surface area contributed by atoms with E-state index < -0.39 is 0 Å². The maximum atomic E-state index is 12.7. The Morgan fingerprint density at radius 2 is 2.09 bits per heavy atom. The number of hydrogen-bond acceptors (Lipinski definition) is 0. The minimum atomic E-state index is -0.211. The number of halogens is 2. The summed E-state index contributed by atoms with van der Waals surface area (Å²) < 4.78 is 14.4. The van der Waals surface area contributed by atoms with Gasteiger partial charge in [-0.15, -0.1) is 0 Å². The highest BCUT2D eigenvalue weighted by Gasteiger charge is 1.98. The van der Waals surface area contributed by atoms with Crippen molar-refractivity contribution >= 4 is 27.1 Å². The molecule has 0 bridgehead atoms. The summed E-state index contributed by atoms with van der Waals surface area (Å²) in [6.07, 6.45) is 1.84. The molecule has 2 aromatic rings. The fourth-order valence-corrected chi connectivity index (χ4v) is 1.49. The molecule has 56 valence electrons. The van der Waals surface area contributed by atoms with Crippen molar-refractivity contribution in [2.75, 3.05) is 0 Å². The van der Waals surface area contributed by atoms with Gasteiger partial charge in [-0.3, -0.25) is 3.59 Å². The highest BCUT2D eigenvalue weighted by Crippen LogP contribution is 2.18. The lowest BCUT2D eigenvalue weighted by atomic mass is 10.2. The molecule has 0 saturated heterocycles. The van der Waals surface area contributed by atoms with Gasteiger partial charge in [-0.2, -0.15) is 0 Å². The van der Waals surface area contributed by atoms with Gasteiger partial charge in [0.05, 0.1) is 21.7 Å². The van der Waals surface area contributed by atoms with Gasteiger partial charge in [0.2, 0.25) is 0 Å². The van der Waals surface area contributed by atoms with E-state index >= 15 is 0 Å². The molecule has 3 heteroatoms. The fraction of sp³-hybridized carbons (Fsp3) is 0. The van der Waals surface area contributed by atoms with E-state index in [9.17, 15) is 4.39 Å². The topological polar surface area (TPSA) is 4.93 Å². The molecule has 2 rings (SSSR count). The normalized spacial score (nSPS) is 10.7. The molecule has 1 aromatic carbocycles. The lowest BCUT2D eigenvalue weighted by molar-refractivity contribution is 0.629. The second kappa shape index (κ2) is 2.34. The van der Waals surface area contributed by atoms with Crippen LogP contribution in [0.15, 0.2) is 30.5 Å². The van der Waals surface area contributed by atoms with E-state index in [1.807, 2.05) is 12.3 Å². The maximum absolute atomic E-state index is 12.7. The largest absolute Gasteiger partial charge is 0.284 e. The third kappa shape index (κ3) is 1.05. The van der Waals surface area contributed by atoms with Gasteiger partial charge in [0.25, 0.3) is 0 Å². The van der Waals surface area contributed by atoms with E-state index in [2.05, 4.69) is 16.1 Å². The Bertz CT molecular complexity index is 394. The van der Waals surface area contributed by atoms with E-state index in [0.717, 1.165) is 10.9 Å². The Morgan fingerprint density at radius 3 is 2.91 bits per heavy atom. The average molecular weight is 214 g/mol. The quantitative estimate of drug-likeness (QED) is 0.635. The maximum Gasteiger partial charge on any atom is 0.125 e. The van der Waals surface area contributed by atoms with Crippen LogP contribution in [0, 0.1) is 5.82 Å². The van der Waals surface area contributed by atoms with Gasteiger partial charge in [-0.25, -0.2) is 4.39 Å².